The van der Waals surface area contributed by atoms with Gasteiger partial charge in [0, 0.05) is 19.5 Å². The molecule has 1 aromatic rings. The van der Waals surface area contributed by atoms with Gasteiger partial charge in [-0.2, -0.15) is 11.8 Å². The molecule has 2 atom stereocenters. The Labute approximate surface area is 111 Å². The molecule has 0 bridgehead atoms. The first kappa shape index (κ1) is 14.9. The van der Waals surface area contributed by atoms with Crippen molar-refractivity contribution in [1.82, 2.24) is 10.3 Å². The lowest BCUT2D eigenvalue weighted by atomic mass is 10.2. The molecule has 1 rings (SSSR count). The first-order valence-corrected chi connectivity index (χ1v) is 6.99. The van der Waals surface area contributed by atoms with Crippen LogP contribution in [0.15, 0.2) is 24.5 Å². The number of hydrogen-bond acceptors (Lipinski definition) is 5. The molecule has 2 unspecified atom stereocenters. The number of hydrogen-bond donors (Lipinski definition) is 2. The molecule has 0 saturated carbocycles. The highest BCUT2D eigenvalue weighted by atomic mass is 32.2. The molecule has 0 aliphatic heterocycles. The number of methoxy groups -OCH3 is 1. The van der Waals surface area contributed by atoms with Crippen LogP contribution in [0, 0.1) is 0 Å². The van der Waals surface area contributed by atoms with Crippen LogP contribution in [0.1, 0.15) is 16.8 Å². The molecule has 18 heavy (non-hydrogen) atoms. The third-order valence-corrected chi connectivity index (χ3v) is 3.10. The van der Waals surface area contributed by atoms with Crippen LogP contribution in [0.25, 0.3) is 0 Å². The van der Waals surface area contributed by atoms with E-state index in [1.807, 2.05) is 6.26 Å². The third-order valence-electron chi connectivity index (χ3n) is 2.46. The molecule has 0 aliphatic rings. The van der Waals surface area contributed by atoms with Gasteiger partial charge >= 0.3 is 0 Å². The van der Waals surface area contributed by atoms with Crippen molar-refractivity contribution < 1.29 is 14.6 Å². The molecule has 2 N–H and O–H groups in total. The van der Waals surface area contributed by atoms with E-state index < -0.39 is 12.3 Å². The monoisotopic (exact) mass is 270 g/mol. The van der Waals surface area contributed by atoms with Crippen molar-refractivity contribution in [2.45, 2.75) is 18.8 Å². The van der Waals surface area contributed by atoms with Gasteiger partial charge in [0.2, 0.25) is 0 Å². The molecule has 0 fully saturated rings. The first-order valence-electron chi connectivity index (χ1n) is 5.59. The van der Waals surface area contributed by atoms with Crippen molar-refractivity contribution in [2.75, 3.05) is 19.1 Å². The number of nitrogens with one attached hydrogen (secondary N) is 1. The molecule has 0 aliphatic carbocycles. The summed E-state index contributed by atoms with van der Waals surface area (Å²) in [6, 6.07) is 2.95. The molecule has 0 aromatic carbocycles. The quantitative estimate of drug-likeness (QED) is 0.720. The predicted molar refractivity (Wildman–Crippen MR) is 71.5 cm³/mol. The fourth-order valence-electron chi connectivity index (χ4n) is 1.44. The topological polar surface area (TPSA) is 71.5 Å². The average Bonchev–Trinajstić information content (AvgIpc) is 2.43. The van der Waals surface area contributed by atoms with E-state index in [4.69, 9.17) is 4.74 Å². The Balaban J connectivity index is 2.62. The number of aliphatic hydroxyl groups excluding tert-OH is 1. The second kappa shape index (κ2) is 8.07. The van der Waals surface area contributed by atoms with E-state index in [-0.39, 0.29) is 5.91 Å². The van der Waals surface area contributed by atoms with Gasteiger partial charge in [-0.1, -0.05) is 0 Å². The minimum absolute atomic E-state index is 0.259. The Hall–Kier alpha value is -1.11. The largest absolute Gasteiger partial charge is 0.366 e. The van der Waals surface area contributed by atoms with Gasteiger partial charge in [0.15, 0.2) is 6.29 Å². The number of nitrogens with zero attached hydrogens (tertiary/aromatic N) is 1. The summed E-state index contributed by atoms with van der Waals surface area (Å²) in [5.41, 5.74) is 0.468. The highest BCUT2D eigenvalue weighted by Gasteiger charge is 2.21. The highest BCUT2D eigenvalue weighted by molar-refractivity contribution is 7.98. The zero-order valence-corrected chi connectivity index (χ0v) is 11.3. The molecule has 0 saturated heterocycles. The lowest BCUT2D eigenvalue weighted by Gasteiger charge is -2.22. The average molecular weight is 270 g/mol. The van der Waals surface area contributed by atoms with Crippen LogP contribution in [0.4, 0.5) is 0 Å². The molecule has 0 radical (unpaired) electrons. The molecule has 1 heterocycles. The summed E-state index contributed by atoms with van der Waals surface area (Å²) in [4.78, 5) is 15.8. The minimum atomic E-state index is -1.00. The maximum absolute atomic E-state index is 11.9. The Morgan fingerprint density at radius 3 is 3.00 bits per heavy atom. The maximum atomic E-state index is 11.9. The summed E-state index contributed by atoms with van der Waals surface area (Å²) in [7, 11) is 1.41. The minimum Gasteiger partial charge on any atom is -0.366 e. The molecule has 6 heteroatoms. The van der Waals surface area contributed by atoms with Gasteiger partial charge in [0.25, 0.3) is 5.91 Å². The Morgan fingerprint density at radius 2 is 2.44 bits per heavy atom. The van der Waals surface area contributed by atoms with Crippen LogP contribution in [0.3, 0.4) is 0 Å². The number of aromatic nitrogens is 1. The van der Waals surface area contributed by atoms with Crippen LogP contribution >= 0.6 is 11.8 Å². The number of carbonyl (C=O) groups is 1. The number of ether oxygens (including phenoxy) is 1. The Kier molecular flexibility index (Phi) is 6.70. The second-order valence-electron chi connectivity index (χ2n) is 3.73. The van der Waals surface area contributed by atoms with Crippen LogP contribution in [-0.4, -0.2) is 47.4 Å². The third kappa shape index (κ3) is 4.64. The van der Waals surface area contributed by atoms with Crippen molar-refractivity contribution in [3.05, 3.63) is 30.1 Å². The zero-order valence-electron chi connectivity index (χ0n) is 10.5. The zero-order chi connectivity index (χ0) is 13.4. The smallest absolute Gasteiger partial charge is 0.253 e. The van der Waals surface area contributed by atoms with E-state index in [1.165, 1.54) is 13.3 Å². The summed E-state index contributed by atoms with van der Waals surface area (Å²) >= 11 is 1.65. The van der Waals surface area contributed by atoms with Crippen molar-refractivity contribution >= 4 is 17.7 Å². The molecule has 0 spiro atoms. The van der Waals surface area contributed by atoms with E-state index in [0.717, 1.165) is 5.75 Å². The molecular weight excluding hydrogens is 252 g/mol. The summed E-state index contributed by atoms with van der Waals surface area (Å²) in [6.07, 6.45) is 4.70. The summed E-state index contributed by atoms with van der Waals surface area (Å²) in [5, 5.41) is 12.4. The van der Waals surface area contributed by atoms with Gasteiger partial charge in [-0.15, -0.1) is 0 Å². The fraction of sp³-hybridized carbons (Fsp3) is 0.500. The van der Waals surface area contributed by atoms with E-state index in [9.17, 15) is 9.90 Å². The standard InChI is InChI=1S/C12H18N2O3S/c1-17-12(16)10(5-7-18-2)14-11(15)9-4-3-6-13-8-9/h3-4,6,8,10,12,16H,5,7H2,1-2H3,(H,14,15). The van der Waals surface area contributed by atoms with E-state index >= 15 is 0 Å². The number of thioether (sulfide) groups is 1. The van der Waals surface area contributed by atoms with E-state index in [2.05, 4.69) is 10.3 Å². The SMILES string of the molecule is COC(O)C(CCSC)NC(=O)c1cccnc1. The summed E-state index contributed by atoms with van der Waals surface area (Å²) in [5.74, 6) is 0.573. The maximum Gasteiger partial charge on any atom is 0.253 e. The lowest BCUT2D eigenvalue weighted by molar-refractivity contribution is -0.0952. The van der Waals surface area contributed by atoms with E-state index in [1.54, 1.807) is 30.1 Å². The molecule has 1 amide bonds. The number of aliphatic hydroxyl groups is 1. The molecule has 1 aromatic heterocycles. The van der Waals surface area contributed by atoms with Crippen LogP contribution < -0.4 is 5.32 Å². The Bertz CT molecular complexity index is 362. The van der Waals surface area contributed by atoms with Gasteiger partial charge in [-0.25, -0.2) is 0 Å². The van der Waals surface area contributed by atoms with Crippen molar-refractivity contribution in [2.24, 2.45) is 0 Å². The van der Waals surface area contributed by atoms with Gasteiger partial charge in [0.1, 0.15) is 0 Å². The van der Waals surface area contributed by atoms with Crippen LogP contribution in [-0.2, 0) is 4.74 Å². The van der Waals surface area contributed by atoms with Gasteiger partial charge in [0.05, 0.1) is 11.6 Å². The van der Waals surface area contributed by atoms with Crippen LogP contribution in [0.2, 0.25) is 0 Å². The van der Waals surface area contributed by atoms with Crippen molar-refractivity contribution in [3.8, 4) is 0 Å². The van der Waals surface area contributed by atoms with Crippen molar-refractivity contribution in [1.29, 1.82) is 0 Å². The number of pyridine rings is 1. The van der Waals surface area contributed by atoms with Gasteiger partial charge in [-0.3, -0.25) is 9.78 Å². The lowest BCUT2D eigenvalue weighted by Crippen LogP contribution is -2.44. The van der Waals surface area contributed by atoms with Gasteiger partial charge < -0.3 is 15.2 Å². The molecule has 5 nitrogen and oxygen atoms in total. The summed E-state index contributed by atoms with van der Waals surface area (Å²) in [6.45, 7) is 0. The van der Waals surface area contributed by atoms with Crippen molar-refractivity contribution in [3.63, 3.8) is 0 Å². The molecular formula is C12H18N2O3S. The molecule has 100 valence electrons. The fourth-order valence-corrected chi connectivity index (χ4v) is 1.93. The number of carbonyl (C=O) groups excluding carboxylic acids is 1. The Morgan fingerprint density at radius 1 is 1.67 bits per heavy atom. The van der Waals surface area contributed by atoms with Crippen LogP contribution in [0.5, 0.6) is 0 Å². The summed E-state index contributed by atoms with van der Waals surface area (Å²) < 4.78 is 4.86. The number of rotatable bonds is 7. The normalized spacial score (nSPS) is 13.9. The highest BCUT2D eigenvalue weighted by Crippen LogP contribution is 2.07. The predicted octanol–water partition coefficient (Wildman–Crippen LogP) is 0.898. The first-order chi connectivity index (χ1) is 8.69. The van der Waals surface area contributed by atoms with Gasteiger partial charge in [-0.05, 0) is 30.6 Å². The van der Waals surface area contributed by atoms with E-state index in [0.29, 0.717) is 12.0 Å². The number of amides is 1. The second-order valence-corrected chi connectivity index (χ2v) is 4.71.